The van der Waals surface area contributed by atoms with Crippen molar-refractivity contribution in [3.05, 3.63) is 102 Å². The van der Waals surface area contributed by atoms with Gasteiger partial charge in [-0.3, -0.25) is 0 Å². The van der Waals surface area contributed by atoms with Crippen molar-refractivity contribution in [1.29, 1.82) is 0 Å². The van der Waals surface area contributed by atoms with Gasteiger partial charge in [0.1, 0.15) is 82.0 Å². The van der Waals surface area contributed by atoms with Crippen molar-refractivity contribution in [2.24, 2.45) is 0 Å². The smallest absolute Gasteiger partial charge is 0.136 e. The Balaban J connectivity index is 1.41. The van der Waals surface area contributed by atoms with E-state index in [9.17, 15) is 0 Å². The first-order valence-electron chi connectivity index (χ1n) is 17.2. The second kappa shape index (κ2) is 11.8. The molecule has 1 aliphatic carbocycles. The summed E-state index contributed by atoms with van der Waals surface area (Å²) in [7, 11) is 59.5. The fraction of sp³-hybridized carbons (Fsp3) is 0.0698. The Morgan fingerprint density at radius 2 is 0.887 bits per heavy atom. The van der Waals surface area contributed by atoms with Crippen LogP contribution in [0.5, 0.6) is 0 Å². The summed E-state index contributed by atoms with van der Waals surface area (Å²) in [6.07, 6.45) is 0. The summed E-state index contributed by atoms with van der Waals surface area (Å²) < 4.78 is 6.73. The van der Waals surface area contributed by atoms with Crippen molar-refractivity contribution in [3.8, 4) is 44.7 Å². The van der Waals surface area contributed by atoms with Crippen LogP contribution < -0.4 is 49.2 Å². The zero-order valence-corrected chi connectivity index (χ0v) is 29.3. The molecule has 18 radical (unpaired) electrons. The van der Waals surface area contributed by atoms with Crippen molar-refractivity contribution in [3.63, 3.8) is 0 Å². The van der Waals surface area contributed by atoms with Crippen LogP contribution in [0.25, 0.3) is 77.2 Å². The molecule has 1 aromatic heterocycles. The molecule has 8 aromatic rings. The van der Waals surface area contributed by atoms with E-state index in [1.807, 2.05) is 42.5 Å². The lowest BCUT2D eigenvalue weighted by atomic mass is 9.58. The molecule has 0 atom stereocenters. The van der Waals surface area contributed by atoms with Gasteiger partial charge in [0.25, 0.3) is 0 Å². The van der Waals surface area contributed by atoms with E-state index in [-0.39, 0.29) is 54.6 Å². The molecule has 0 aliphatic heterocycles. The minimum Gasteiger partial charge on any atom is -0.456 e. The molecule has 10 heteroatoms. The largest absolute Gasteiger partial charge is 0.456 e. The molecule has 53 heavy (non-hydrogen) atoms. The third-order valence-electron chi connectivity index (χ3n) is 11.3. The van der Waals surface area contributed by atoms with Gasteiger partial charge in [-0.15, -0.1) is 27.3 Å². The summed E-state index contributed by atoms with van der Waals surface area (Å²) in [4.78, 5) is 0. The Morgan fingerprint density at radius 3 is 1.57 bits per heavy atom. The average molecular weight is 651 g/mol. The lowest BCUT2D eigenvalue weighted by molar-refractivity contribution is 0.631. The van der Waals surface area contributed by atoms with Gasteiger partial charge in [0.05, 0.1) is 0 Å². The van der Waals surface area contributed by atoms with Crippen molar-refractivity contribution < 1.29 is 4.42 Å². The third-order valence-corrected chi connectivity index (χ3v) is 11.3. The highest BCUT2D eigenvalue weighted by Gasteiger charge is 2.37. The average Bonchev–Trinajstić information content (AvgIpc) is 3.71. The highest BCUT2D eigenvalue weighted by molar-refractivity contribution is 6.71. The molecular weight excluding hydrogens is 630 g/mol. The zero-order valence-electron chi connectivity index (χ0n) is 29.3. The summed E-state index contributed by atoms with van der Waals surface area (Å²) in [5.41, 5.74) is 10.4. The summed E-state index contributed by atoms with van der Waals surface area (Å²) in [6, 6.07) is 30.9. The van der Waals surface area contributed by atoms with E-state index in [2.05, 4.69) is 62.4 Å². The van der Waals surface area contributed by atoms with Gasteiger partial charge in [0, 0.05) is 16.4 Å². The molecule has 0 unspecified atom stereocenters. The SMILES string of the molecule is [B]c1c([B])c([B])c(-c2c3ccccc3c(-c3cccc4oc(-c5cccc6c5-c5ccccc5C6(C)C)cc34)c3c([B])c([B])c([B])c([B])c23)c([B])c1[B]. The molecule has 9 rings (SSSR count). The third kappa shape index (κ3) is 4.57. The topological polar surface area (TPSA) is 13.1 Å². The van der Waals surface area contributed by atoms with E-state index in [1.165, 1.54) is 22.3 Å². The van der Waals surface area contributed by atoms with Gasteiger partial charge >= 0.3 is 0 Å². The first-order valence-corrected chi connectivity index (χ1v) is 17.2. The Kier molecular flexibility index (Phi) is 7.59. The molecule has 0 amide bonds. The van der Waals surface area contributed by atoms with Crippen molar-refractivity contribution >= 4 is 152 Å². The summed E-state index contributed by atoms with van der Waals surface area (Å²) in [6.45, 7) is 4.53. The van der Waals surface area contributed by atoms with E-state index >= 15 is 0 Å². The monoisotopic (exact) mass is 652 g/mol. The zero-order chi connectivity index (χ0) is 37.2. The number of hydrogen-bond acceptors (Lipinski definition) is 1. The van der Waals surface area contributed by atoms with Crippen molar-refractivity contribution in [2.75, 3.05) is 0 Å². The predicted molar refractivity (Wildman–Crippen MR) is 234 cm³/mol. The molecule has 226 valence electrons. The van der Waals surface area contributed by atoms with Crippen LogP contribution in [0, 0.1) is 0 Å². The van der Waals surface area contributed by atoms with Gasteiger partial charge in [0.2, 0.25) is 0 Å². The number of fused-ring (bicyclic) bond motifs is 6. The predicted octanol–water partition coefficient (Wildman–Crippen LogP) is 1.19. The maximum absolute atomic E-state index is 6.98. The second-order valence-electron chi connectivity index (χ2n) is 14.4. The van der Waals surface area contributed by atoms with Crippen LogP contribution in [-0.2, 0) is 5.41 Å². The molecule has 0 saturated heterocycles. The van der Waals surface area contributed by atoms with Gasteiger partial charge in [-0.05, 0) is 78.2 Å². The minimum absolute atomic E-state index is 0.101. The molecule has 0 saturated carbocycles. The van der Waals surface area contributed by atoms with Gasteiger partial charge < -0.3 is 4.42 Å². The first-order chi connectivity index (χ1) is 25.3. The molecule has 0 bridgehead atoms. The minimum atomic E-state index is -0.162. The summed E-state index contributed by atoms with van der Waals surface area (Å²) in [5.74, 6) is 0.742. The van der Waals surface area contributed by atoms with E-state index in [0.29, 0.717) is 27.5 Å². The van der Waals surface area contributed by atoms with E-state index in [4.69, 9.17) is 75.0 Å². The van der Waals surface area contributed by atoms with Crippen molar-refractivity contribution in [2.45, 2.75) is 19.3 Å². The lowest BCUT2D eigenvalue weighted by Crippen LogP contribution is -2.55. The Bertz CT molecular complexity index is 2890. The van der Waals surface area contributed by atoms with Crippen molar-refractivity contribution in [1.82, 2.24) is 0 Å². The molecule has 1 aliphatic rings. The van der Waals surface area contributed by atoms with Gasteiger partial charge in [0.15, 0.2) is 0 Å². The highest BCUT2D eigenvalue weighted by Crippen LogP contribution is 2.53. The fourth-order valence-corrected chi connectivity index (χ4v) is 8.57. The Labute approximate surface area is 321 Å². The van der Waals surface area contributed by atoms with Crippen LogP contribution in [0.1, 0.15) is 25.0 Å². The quantitative estimate of drug-likeness (QED) is 0.207. The van der Waals surface area contributed by atoms with Crippen LogP contribution in [0.4, 0.5) is 0 Å². The van der Waals surface area contributed by atoms with Gasteiger partial charge in [-0.2, -0.15) is 0 Å². The molecule has 0 spiro atoms. The number of benzene rings is 7. The fourth-order valence-electron chi connectivity index (χ4n) is 8.57. The van der Waals surface area contributed by atoms with Crippen LogP contribution in [-0.4, -0.2) is 70.6 Å². The lowest BCUT2D eigenvalue weighted by Gasteiger charge is -2.28. The summed E-state index contributed by atoms with van der Waals surface area (Å²) >= 11 is 0. The van der Waals surface area contributed by atoms with E-state index < -0.39 is 0 Å². The number of furan rings is 1. The van der Waals surface area contributed by atoms with E-state index in [1.54, 1.807) is 0 Å². The maximum Gasteiger partial charge on any atom is 0.136 e. The Morgan fingerprint density at radius 1 is 0.396 bits per heavy atom. The molecule has 7 aromatic carbocycles. The van der Waals surface area contributed by atoms with Gasteiger partial charge in [-0.1, -0.05) is 115 Å². The molecule has 1 nitrogen and oxygen atoms in total. The normalized spacial score (nSPS) is 13.2. The standard InChI is InChI=1S/C43H21B9O/c1-43(2)24-14-6-5-11-21(24)28-22(13-7-15-25(28)43)27-17-23-20(12-8-16-26(23)53-27)29-18-9-3-4-10-19(18)30(32-31(29)34(44)38(48)39(49)35(32)45)33-36(46)40(50)42(52)41(51)37(33)47/h3-17H,1-2H3. The van der Waals surface area contributed by atoms with Crippen LogP contribution in [0.2, 0.25) is 0 Å². The van der Waals surface area contributed by atoms with E-state index in [0.717, 1.165) is 38.6 Å². The molecule has 0 fully saturated rings. The van der Waals surface area contributed by atoms with Crippen LogP contribution in [0.15, 0.2) is 95.4 Å². The highest BCUT2D eigenvalue weighted by atomic mass is 16.3. The van der Waals surface area contributed by atoms with Crippen LogP contribution in [0.3, 0.4) is 0 Å². The number of rotatable bonds is 3. The molecular formula is C43H21B9O. The molecule has 1 heterocycles. The molecule has 0 N–H and O–H groups in total. The first kappa shape index (κ1) is 34.0. The second-order valence-corrected chi connectivity index (χ2v) is 14.4. The van der Waals surface area contributed by atoms with Gasteiger partial charge in [-0.25, -0.2) is 0 Å². The number of hydrogen-bond donors (Lipinski definition) is 0. The maximum atomic E-state index is 6.98. The van der Waals surface area contributed by atoms with Crippen LogP contribution >= 0.6 is 0 Å². The Hall–Kier alpha value is -4.82. The summed E-state index contributed by atoms with van der Waals surface area (Å²) in [5, 5.41) is 3.53.